The summed E-state index contributed by atoms with van der Waals surface area (Å²) in [7, 11) is 0. The molecule has 0 spiro atoms. The minimum absolute atomic E-state index is 0. The monoisotopic (exact) mass is 1020 g/mol. The molecule has 1 aliphatic carbocycles. The Morgan fingerprint density at radius 2 is 1.55 bits per heavy atom. The van der Waals surface area contributed by atoms with Crippen LogP contribution in [0.5, 0.6) is 0 Å². The number of rotatable bonds is 6. The number of hydrogen-bond donors (Lipinski definition) is 0. The molecule has 0 aliphatic heterocycles. The second-order valence-corrected chi connectivity index (χ2v) is 28.0. The van der Waals surface area contributed by atoms with E-state index in [2.05, 4.69) is 113 Å². The Kier molecular flexibility index (Phi) is 10.9. The third-order valence-electron chi connectivity index (χ3n) is 11.2. The maximum atomic E-state index is 13.8. The Bertz CT molecular complexity index is 3000. The standard InChI is InChI=1S/C31H20FN2S.C20H26GeN.Ir/c1-18-6-5-7-19(2)30(18)34-27-16-21-9-4-3-8-20(21)15-26(27)33-31(34)22-10-13-28-25(14-22)24-12-11-23(32)17-29(24)35-28;1-21(2,3)19-15-22-20(17-11-5-4-6-12-17)14-18(19)13-16-9-7-8-10-16;/h3-9,11-17H,1-2H3;4-6,11,14-16H,7-10,13H2,1-3H3;/q2*-1;/i;13D2;. The minimum Gasteiger partial charge on any atom is 0 e. The molecule has 0 amide bonds. The van der Waals surface area contributed by atoms with Crippen LogP contribution < -0.4 is 4.40 Å². The van der Waals surface area contributed by atoms with Gasteiger partial charge in [-0.2, -0.15) is 11.3 Å². The van der Waals surface area contributed by atoms with Crippen LogP contribution in [0.15, 0.2) is 121 Å². The van der Waals surface area contributed by atoms with E-state index >= 15 is 0 Å². The van der Waals surface area contributed by atoms with Crippen molar-refractivity contribution < 1.29 is 27.2 Å². The van der Waals surface area contributed by atoms with E-state index in [1.165, 1.54) is 32.4 Å². The number of benzene rings is 6. The molecule has 1 radical (unpaired) electrons. The van der Waals surface area contributed by atoms with Crippen molar-refractivity contribution in [3.63, 3.8) is 0 Å². The van der Waals surface area contributed by atoms with Gasteiger partial charge in [0.25, 0.3) is 0 Å². The SMILES string of the molecule is Cc1cccc(C)c1-n1c(-c2[c-]cc3sc4cc(F)ccc4c3c2)nc2cc3ccccc3cc21.[2H]C([2H])(c1cc(-c2[c-]cccc2)nc[c]1[Ge]([CH3])([CH3])[CH3])C1CCCC1.[Ir]. The molecule has 1 saturated carbocycles. The van der Waals surface area contributed by atoms with Gasteiger partial charge in [0.05, 0.1) is 16.9 Å². The number of thiophene rings is 1. The van der Waals surface area contributed by atoms with Gasteiger partial charge in [0, 0.05) is 30.5 Å². The Labute approximate surface area is 363 Å². The maximum absolute atomic E-state index is 13.8. The molecule has 10 rings (SSSR count). The second-order valence-electron chi connectivity index (χ2n) is 16.3. The second kappa shape index (κ2) is 16.7. The zero-order valence-electron chi connectivity index (χ0n) is 35.4. The summed E-state index contributed by atoms with van der Waals surface area (Å²) in [4.78, 5) is 9.82. The molecule has 0 unspecified atom stereocenters. The van der Waals surface area contributed by atoms with Gasteiger partial charge < -0.3 is 4.57 Å². The van der Waals surface area contributed by atoms with Crippen LogP contribution in [0, 0.1) is 37.7 Å². The summed E-state index contributed by atoms with van der Waals surface area (Å²) in [6.07, 6.45) is 4.99. The van der Waals surface area contributed by atoms with Crippen LogP contribution in [0.2, 0.25) is 17.3 Å². The summed E-state index contributed by atoms with van der Waals surface area (Å²) in [5, 5.41) is 4.51. The Balaban J connectivity index is 0.000000176. The molecule has 3 aromatic heterocycles. The fourth-order valence-electron chi connectivity index (χ4n) is 8.31. The van der Waals surface area contributed by atoms with E-state index in [1.807, 2.05) is 48.7 Å². The fourth-order valence-corrected chi connectivity index (χ4v) is 12.4. The van der Waals surface area contributed by atoms with E-state index in [1.54, 1.807) is 17.4 Å². The van der Waals surface area contributed by atoms with Gasteiger partial charge in [-0.25, -0.2) is 4.39 Å². The zero-order valence-corrected chi connectivity index (χ0v) is 38.7. The van der Waals surface area contributed by atoms with Crippen molar-refractivity contribution in [3.8, 4) is 28.3 Å². The summed E-state index contributed by atoms with van der Waals surface area (Å²) in [5.74, 6) is 7.74. The minimum atomic E-state index is -2.22. The predicted octanol–water partition coefficient (Wildman–Crippen LogP) is 13.6. The van der Waals surface area contributed by atoms with Gasteiger partial charge in [-0.3, -0.25) is 4.98 Å². The van der Waals surface area contributed by atoms with Gasteiger partial charge in [0.1, 0.15) is 5.82 Å². The van der Waals surface area contributed by atoms with Crippen molar-refractivity contribution in [1.82, 2.24) is 14.5 Å². The molecule has 0 bridgehead atoms. The smallest absolute Gasteiger partial charge is 0 e. The number of nitrogens with zero attached hydrogens (tertiary/aromatic N) is 3. The van der Waals surface area contributed by atoms with Crippen LogP contribution in [0.1, 0.15) is 45.1 Å². The molecule has 0 saturated heterocycles. The van der Waals surface area contributed by atoms with Crippen molar-refractivity contribution in [3.05, 3.63) is 156 Å². The van der Waals surface area contributed by atoms with Gasteiger partial charge in [-0.1, -0.05) is 53.9 Å². The molecule has 0 atom stereocenters. The van der Waals surface area contributed by atoms with Crippen LogP contribution in [0.4, 0.5) is 4.39 Å². The third-order valence-corrected chi connectivity index (χ3v) is 16.5. The van der Waals surface area contributed by atoms with Crippen molar-refractivity contribution in [1.29, 1.82) is 0 Å². The first-order valence-electron chi connectivity index (χ1n) is 20.9. The average molecular weight is 1020 g/mol. The van der Waals surface area contributed by atoms with Gasteiger partial charge in [-0.05, 0) is 70.1 Å². The molecule has 9 aromatic rings. The van der Waals surface area contributed by atoms with Gasteiger partial charge in [-0.15, -0.1) is 23.8 Å². The summed E-state index contributed by atoms with van der Waals surface area (Å²) >= 11 is -0.622. The first-order chi connectivity index (χ1) is 28.4. The molecule has 3 nitrogen and oxygen atoms in total. The third kappa shape index (κ3) is 7.97. The number of aryl methyl sites for hydroxylation is 2. The summed E-state index contributed by atoms with van der Waals surface area (Å²) < 4.78 is 37.2. The van der Waals surface area contributed by atoms with E-state index in [-0.39, 0.29) is 31.8 Å². The molecule has 293 valence electrons. The van der Waals surface area contributed by atoms with Crippen molar-refractivity contribution in [2.75, 3.05) is 0 Å². The van der Waals surface area contributed by atoms with Crippen LogP contribution >= 0.6 is 11.3 Å². The summed E-state index contributed by atoms with van der Waals surface area (Å²) in [6, 6.07) is 44.9. The quantitative estimate of drug-likeness (QED) is 0.123. The number of pyridine rings is 1. The number of halogens is 1. The van der Waals surface area contributed by atoms with E-state index < -0.39 is 19.6 Å². The molecule has 1 fully saturated rings. The van der Waals surface area contributed by atoms with Gasteiger partial charge in [0.2, 0.25) is 0 Å². The average Bonchev–Trinajstić information content (AvgIpc) is 3.98. The number of para-hydroxylation sites is 1. The van der Waals surface area contributed by atoms with Crippen LogP contribution in [-0.4, -0.2) is 27.8 Å². The Morgan fingerprint density at radius 1 is 0.810 bits per heavy atom. The Hall–Kier alpha value is -4.46. The van der Waals surface area contributed by atoms with Gasteiger partial charge >= 0.3 is 140 Å². The predicted molar refractivity (Wildman–Crippen MR) is 242 cm³/mol. The van der Waals surface area contributed by atoms with Crippen LogP contribution in [0.3, 0.4) is 0 Å². The topological polar surface area (TPSA) is 30.7 Å². The van der Waals surface area contributed by atoms with Gasteiger partial charge in [0.15, 0.2) is 0 Å². The molecule has 58 heavy (non-hydrogen) atoms. The van der Waals surface area contributed by atoms with Crippen LogP contribution in [-0.2, 0) is 26.5 Å². The zero-order chi connectivity index (χ0) is 41.1. The fraction of sp³-hybridized carbons (Fsp3) is 0.216. The van der Waals surface area contributed by atoms with E-state index in [0.29, 0.717) is 0 Å². The molecule has 3 heterocycles. The normalized spacial score (nSPS) is 14.0. The maximum Gasteiger partial charge on any atom is 0 e. The van der Waals surface area contributed by atoms with E-state index in [9.17, 15) is 4.39 Å². The van der Waals surface area contributed by atoms with Crippen molar-refractivity contribution in [2.24, 2.45) is 5.92 Å². The molecular formula is C51H46FGeIrN3S-2. The number of hydrogen-bond acceptors (Lipinski definition) is 3. The summed E-state index contributed by atoms with van der Waals surface area (Å²) in [6.45, 7) is 4.29. The first kappa shape index (κ1) is 37.8. The largest absolute Gasteiger partial charge is 0 e. The van der Waals surface area contributed by atoms with E-state index in [0.717, 1.165) is 90.8 Å². The van der Waals surface area contributed by atoms with E-state index in [4.69, 9.17) is 7.73 Å². The van der Waals surface area contributed by atoms with Crippen LogP contribution in [0.25, 0.3) is 70.3 Å². The van der Waals surface area contributed by atoms with Crippen molar-refractivity contribution >= 4 is 71.0 Å². The number of imidazole rings is 1. The molecule has 1 aliphatic rings. The molecule has 0 N–H and O–H groups in total. The molecule has 6 aromatic carbocycles. The van der Waals surface area contributed by atoms with Crippen molar-refractivity contribution in [2.45, 2.75) is 63.2 Å². The first-order valence-corrected chi connectivity index (χ1v) is 28.0. The number of aromatic nitrogens is 3. The Morgan fingerprint density at radius 3 is 2.28 bits per heavy atom. The molecule has 7 heteroatoms. The summed E-state index contributed by atoms with van der Waals surface area (Å²) in [5.41, 5.74) is 9.14. The number of fused-ring (bicyclic) bond motifs is 5. The molecular weight excluding hydrogens is 970 g/mol.